The van der Waals surface area contributed by atoms with E-state index in [4.69, 9.17) is 14.9 Å². The zero-order valence-corrected chi connectivity index (χ0v) is 19.9. The molecular weight excluding hydrogens is 469 g/mol. The lowest BCUT2D eigenvalue weighted by molar-refractivity contribution is 0.0966. The van der Waals surface area contributed by atoms with E-state index in [0.29, 0.717) is 36.3 Å². The second kappa shape index (κ2) is 10.7. The first-order chi connectivity index (χ1) is 17.3. The smallest absolute Gasteiger partial charge is 0.144 e. The average Bonchev–Trinajstić information content (AvgIpc) is 3.19. The van der Waals surface area contributed by atoms with E-state index in [2.05, 4.69) is 16.6 Å². The van der Waals surface area contributed by atoms with Gasteiger partial charge >= 0.3 is 0 Å². The van der Waals surface area contributed by atoms with Gasteiger partial charge in [-0.3, -0.25) is 5.41 Å². The molecule has 0 saturated carbocycles. The highest BCUT2D eigenvalue weighted by Crippen LogP contribution is 2.32. The predicted octanol–water partition coefficient (Wildman–Crippen LogP) is 6.15. The number of nitrogens with one attached hydrogen (secondary N) is 1. The Balaban J connectivity index is 1.62. The van der Waals surface area contributed by atoms with Crippen LogP contribution < -0.4 is 4.74 Å². The van der Waals surface area contributed by atoms with E-state index in [9.17, 15) is 13.2 Å². The van der Waals surface area contributed by atoms with Gasteiger partial charge in [-0.1, -0.05) is 18.7 Å². The fraction of sp³-hybridized carbons (Fsp3) is 0.222. The molecule has 2 aromatic carbocycles. The van der Waals surface area contributed by atoms with Crippen LogP contribution in [0, 0.1) is 29.8 Å². The van der Waals surface area contributed by atoms with Crippen LogP contribution in [-0.4, -0.2) is 34.8 Å². The number of amidine groups is 1. The van der Waals surface area contributed by atoms with Gasteiger partial charge in [0, 0.05) is 24.9 Å². The maximum atomic E-state index is 14.5. The van der Waals surface area contributed by atoms with Crippen LogP contribution >= 0.6 is 0 Å². The van der Waals surface area contributed by atoms with E-state index >= 15 is 0 Å². The summed E-state index contributed by atoms with van der Waals surface area (Å²) < 4.78 is 55.6. The largest absolute Gasteiger partial charge is 0.495 e. The third-order valence-electron chi connectivity index (χ3n) is 5.69. The number of hydrogen-bond acceptors (Lipinski definition) is 4. The maximum Gasteiger partial charge on any atom is 0.144 e. The molecule has 0 unspecified atom stereocenters. The second-order valence-corrected chi connectivity index (χ2v) is 8.31. The first-order valence-corrected chi connectivity index (χ1v) is 11.2. The fourth-order valence-electron chi connectivity index (χ4n) is 3.95. The normalized spacial score (nSPS) is 17.5. The number of hydrogen-bond donors (Lipinski definition) is 1. The quantitative estimate of drug-likeness (QED) is 0.342. The highest BCUT2D eigenvalue weighted by atomic mass is 19.1. The van der Waals surface area contributed by atoms with E-state index in [1.807, 2.05) is 29.8 Å². The highest BCUT2D eigenvalue weighted by Gasteiger charge is 2.30. The number of imidazole rings is 1. The first-order valence-electron chi connectivity index (χ1n) is 11.2. The van der Waals surface area contributed by atoms with Gasteiger partial charge in [0.1, 0.15) is 35.1 Å². The summed E-state index contributed by atoms with van der Waals surface area (Å²) in [5.74, 6) is -2.75. The standard InChI is InChI=1S/C27H25F3N4O2/c1-16-5-4-10-36-27(25-20(29)12-19(28)13-21(25)30)26(16)33-24(31)9-7-18-6-8-22(23(11-18)35-3)34-14-17(2)32-15-34/h6-9,11-15,27,31H,1,4-5,10H2,2-3H3/b9-7+,31-24?,33-26+/t27-/m1/s1. The van der Waals surface area contributed by atoms with Crippen LogP contribution in [0.3, 0.4) is 0 Å². The van der Waals surface area contributed by atoms with Crippen molar-refractivity contribution in [2.75, 3.05) is 13.7 Å². The summed E-state index contributed by atoms with van der Waals surface area (Å²) in [7, 11) is 1.57. The van der Waals surface area contributed by atoms with E-state index in [-0.39, 0.29) is 18.2 Å². The number of rotatable bonds is 5. The van der Waals surface area contributed by atoms with Crippen LogP contribution in [0.1, 0.15) is 35.8 Å². The summed E-state index contributed by atoms with van der Waals surface area (Å²) in [6.45, 7) is 6.07. The van der Waals surface area contributed by atoms with Gasteiger partial charge in [0.2, 0.25) is 0 Å². The fourth-order valence-corrected chi connectivity index (χ4v) is 3.95. The third-order valence-corrected chi connectivity index (χ3v) is 5.69. The molecule has 1 N–H and O–H groups in total. The Kier molecular flexibility index (Phi) is 7.49. The van der Waals surface area contributed by atoms with Crippen molar-refractivity contribution >= 4 is 17.6 Å². The molecule has 1 fully saturated rings. The Labute approximate surface area is 206 Å². The Hall–Kier alpha value is -3.98. The molecule has 1 saturated heterocycles. The average molecular weight is 495 g/mol. The zero-order chi connectivity index (χ0) is 25.8. The minimum atomic E-state index is -1.24. The summed E-state index contributed by atoms with van der Waals surface area (Å²) in [4.78, 5) is 8.51. The summed E-state index contributed by atoms with van der Waals surface area (Å²) in [6.07, 6.45) is 6.52. The molecule has 36 heavy (non-hydrogen) atoms. The lowest BCUT2D eigenvalue weighted by Gasteiger charge is -2.20. The van der Waals surface area contributed by atoms with E-state index in [1.165, 1.54) is 6.08 Å². The van der Waals surface area contributed by atoms with Crippen LogP contribution in [0.4, 0.5) is 13.2 Å². The molecule has 9 heteroatoms. The van der Waals surface area contributed by atoms with Gasteiger partial charge in [-0.25, -0.2) is 23.1 Å². The van der Waals surface area contributed by atoms with Gasteiger partial charge in [-0.2, -0.15) is 0 Å². The summed E-state index contributed by atoms with van der Waals surface area (Å²) in [6, 6.07) is 6.72. The topological polar surface area (TPSA) is 72.5 Å². The van der Waals surface area contributed by atoms with Crippen LogP contribution in [-0.2, 0) is 4.74 Å². The minimum Gasteiger partial charge on any atom is -0.495 e. The Morgan fingerprint density at radius 3 is 2.67 bits per heavy atom. The van der Waals surface area contributed by atoms with Crippen molar-refractivity contribution in [1.82, 2.24) is 9.55 Å². The molecule has 0 spiro atoms. The van der Waals surface area contributed by atoms with E-state index < -0.39 is 29.1 Å². The monoisotopic (exact) mass is 494 g/mol. The second-order valence-electron chi connectivity index (χ2n) is 8.31. The maximum absolute atomic E-state index is 14.5. The van der Waals surface area contributed by atoms with Crippen molar-refractivity contribution in [1.29, 1.82) is 5.41 Å². The molecule has 0 aliphatic carbocycles. The van der Waals surface area contributed by atoms with Gasteiger partial charge in [0.25, 0.3) is 0 Å². The molecule has 1 atom stereocenters. The van der Waals surface area contributed by atoms with Crippen LogP contribution in [0.15, 0.2) is 66.1 Å². The van der Waals surface area contributed by atoms with Crippen molar-refractivity contribution in [3.8, 4) is 11.4 Å². The lowest BCUT2D eigenvalue weighted by atomic mass is 9.97. The summed E-state index contributed by atoms with van der Waals surface area (Å²) in [5.41, 5.74) is 2.61. The Morgan fingerprint density at radius 2 is 2.00 bits per heavy atom. The summed E-state index contributed by atoms with van der Waals surface area (Å²) in [5, 5.41) is 8.35. The van der Waals surface area contributed by atoms with Gasteiger partial charge in [-0.15, -0.1) is 0 Å². The number of aromatic nitrogens is 2. The molecule has 0 radical (unpaired) electrons. The van der Waals surface area contributed by atoms with E-state index in [1.54, 1.807) is 25.6 Å². The van der Waals surface area contributed by atoms with Gasteiger partial charge in [-0.05, 0) is 49.1 Å². The molecule has 1 aromatic heterocycles. The van der Waals surface area contributed by atoms with Gasteiger partial charge in [0.15, 0.2) is 0 Å². The third kappa shape index (κ3) is 5.46. The van der Waals surface area contributed by atoms with Crippen molar-refractivity contribution in [3.63, 3.8) is 0 Å². The van der Waals surface area contributed by atoms with E-state index in [0.717, 1.165) is 16.9 Å². The summed E-state index contributed by atoms with van der Waals surface area (Å²) >= 11 is 0. The number of methoxy groups -OCH3 is 1. The molecule has 2 heterocycles. The van der Waals surface area contributed by atoms with Crippen molar-refractivity contribution in [2.24, 2.45) is 4.99 Å². The van der Waals surface area contributed by atoms with Crippen LogP contribution in [0.25, 0.3) is 11.8 Å². The molecule has 6 nitrogen and oxygen atoms in total. The number of nitrogens with zero attached hydrogens (tertiary/aromatic N) is 3. The Bertz CT molecular complexity index is 1350. The van der Waals surface area contributed by atoms with Crippen molar-refractivity contribution in [2.45, 2.75) is 25.9 Å². The lowest BCUT2D eigenvalue weighted by Crippen LogP contribution is -2.20. The van der Waals surface area contributed by atoms with Crippen LogP contribution in [0.5, 0.6) is 5.75 Å². The SMILES string of the molecule is C=C1CCCO[C@H](c2c(F)cc(F)cc2F)/C1=N/C(=N)/C=C/c1ccc(-n2cnc(C)c2)c(OC)c1. The molecule has 186 valence electrons. The van der Waals surface area contributed by atoms with Crippen molar-refractivity contribution in [3.05, 3.63) is 95.4 Å². The zero-order valence-electron chi connectivity index (χ0n) is 19.9. The van der Waals surface area contributed by atoms with Crippen molar-refractivity contribution < 1.29 is 22.6 Å². The number of aryl methyl sites for hydroxylation is 1. The first kappa shape index (κ1) is 25.1. The predicted molar refractivity (Wildman–Crippen MR) is 132 cm³/mol. The highest BCUT2D eigenvalue weighted by molar-refractivity contribution is 6.12. The Morgan fingerprint density at radius 1 is 1.25 bits per heavy atom. The number of aliphatic imine (C=N–C) groups is 1. The minimum absolute atomic E-state index is 0.134. The molecular formula is C27H25F3N4O2. The number of halogens is 3. The molecule has 0 bridgehead atoms. The molecule has 3 aromatic rings. The van der Waals surface area contributed by atoms with Gasteiger partial charge < -0.3 is 14.0 Å². The molecule has 0 amide bonds. The molecule has 1 aliphatic heterocycles. The molecule has 1 aliphatic rings. The number of benzene rings is 2. The van der Waals surface area contributed by atoms with Gasteiger partial charge in [0.05, 0.1) is 36.1 Å². The molecule has 4 rings (SSSR count). The number of ether oxygens (including phenoxy) is 2. The van der Waals surface area contributed by atoms with Crippen LogP contribution in [0.2, 0.25) is 0 Å².